The summed E-state index contributed by atoms with van der Waals surface area (Å²) in [7, 11) is 0. The average Bonchev–Trinajstić information content (AvgIpc) is 3.09. The minimum absolute atomic E-state index is 0.333. The summed E-state index contributed by atoms with van der Waals surface area (Å²) in [4.78, 5) is 14.3. The number of amides is 1. The molecule has 0 aromatic rings. The SMILES string of the molecule is O=C(CNC1CCCC1)N1CCC2(CCCC2)CC1. The van der Waals surface area contributed by atoms with Crippen LogP contribution in [0.5, 0.6) is 0 Å². The summed E-state index contributed by atoms with van der Waals surface area (Å²) in [5.41, 5.74) is 0.621. The van der Waals surface area contributed by atoms with Gasteiger partial charge in [0.2, 0.25) is 5.91 Å². The van der Waals surface area contributed by atoms with Gasteiger partial charge in [-0.05, 0) is 43.9 Å². The molecule has 3 fully saturated rings. The summed E-state index contributed by atoms with van der Waals surface area (Å²) >= 11 is 0. The smallest absolute Gasteiger partial charge is 0.236 e. The topological polar surface area (TPSA) is 32.3 Å². The van der Waals surface area contributed by atoms with Gasteiger partial charge in [-0.25, -0.2) is 0 Å². The maximum absolute atomic E-state index is 12.2. The molecule has 0 unspecified atom stereocenters. The lowest BCUT2D eigenvalue weighted by Crippen LogP contribution is -2.46. The molecule has 0 radical (unpaired) electrons. The van der Waals surface area contributed by atoms with Crippen LogP contribution in [-0.4, -0.2) is 36.5 Å². The van der Waals surface area contributed by atoms with Crippen LogP contribution < -0.4 is 5.32 Å². The first-order chi connectivity index (χ1) is 9.27. The zero-order valence-electron chi connectivity index (χ0n) is 12.1. The normalized spacial score (nSPS) is 27.3. The minimum Gasteiger partial charge on any atom is -0.342 e. The highest BCUT2D eigenvalue weighted by atomic mass is 16.2. The third-order valence-corrected chi connectivity index (χ3v) is 5.74. The second-order valence-electron chi connectivity index (χ2n) is 6.95. The Bertz CT molecular complexity index is 307. The molecule has 0 bridgehead atoms. The number of carbonyl (C=O) groups is 1. The molecule has 0 aromatic heterocycles. The molecule has 19 heavy (non-hydrogen) atoms. The van der Waals surface area contributed by atoms with E-state index in [1.807, 2.05) is 0 Å². The maximum Gasteiger partial charge on any atom is 0.236 e. The maximum atomic E-state index is 12.2. The lowest BCUT2D eigenvalue weighted by Gasteiger charge is -2.39. The monoisotopic (exact) mass is 264 g/mol. The summed E-state index contributed by atoms with van der Waals surface area (Å²) in [5, 5.41) is 3.45. The molecular formula is C16H28N2O. The number of nitrogens with zero attached hydrogens (tertiary/aromatic N) is 1. The molecule has 108 valence electrons. The van der Waals surface area contributed by atoms with Gasteiger partial charge in [0.1, 0.15) is 0 Å². The Morgan fingerprint density at radius 2 is 1.63 bits per heavy atom. The number of piperidine rings is 1. The van der Waals surface area contributed by atoms with Crippen molar-refractivity contribution >= 4 is 5.91 Å². The highest BCUT2D eigenvalue weighted by Crippen LogP contribution is 2.46. The Labute approximate surface area is 117 Å². The van der Waals surface area contributed by atoms with Crippen molar-refractivity contribution < 1.29 is 4.79 Å². The molecule has 3 nitrogen and oxygen atoms in total. The highest BCUT2D eigenvalue weighted by Gasteiger charge is 2.37. The van der Waals surface area contributed by atoms with Gasteiger partial charge in [-0.1, -0.05) is 25.7 Å². The van der Waals surface area contributed by atoms with Crippen LogP contribution in [0.1, 0.15) is 64.2 Å². The number of nitrogens with one attached hydrogen (secondary N) is 1. The van der Waals surface area contributed by atoms with Crippen LogP contribution in [0, 0.1) is 5.41 Å². The molecule has 3 aliphatic rings. The van der Waals surface area contributed by atoms with Gasteiger partial charge in [0.05, 0.1) is 6.54 Å². The predicted molar refractivity (Wildman–Crippen MR) is 77.0 cm³/mol. The third-order valence-electron chi connectivity index (χ3n) is 5.74. The Hall–Kier alpha value is -0.570. The van der Waals surface area contributed by atoms with E-state index in [1.165, 1.54) is 64.2 Å². The zero-order valence-corrected chi connectivity index (χ0v) is 12.1. The molecule has 1 N–H and O–H groups in total. The molecule has 0 aromatic carbocycles. The third kappa shape index (κ3) is 3.13. The Kier molecular flexibility index (Phi) is 4.11. The van der Waals surface area contributed by atoms with E-state index in [0.29, 0.717) is 23.9 Å². The average molecular weight is 264 g/mol. The number of likely N-dealkylation sites (tertiary alicyclic amines) is 1. The molecule has 1 aliphatic heterocycles. The van der Waals surface area contributed by atoms with E-state index in [-0.39, 0.29) is 0 Å². The zero-order chi connectivity index (χ0) is 13.1. The van der Waals surface area contributed by atoms with Crippen molar-refractivity contribution in [2.24, 2.45) is 5.41 Å². The van der Waals surface area contributed by atoms with Crippen LogP contribution >= 0.6 is 0 Å². The van der Waals surface area contributed by atoms with Crippen molar-refractivity contribution in [3.05, 3.63) is 0 Å². The van der Waals surface area contributed by atoms with Crippen LogP contribution in [0.25, 0.3) is 0 Å². The molecule has 1 saturated heterocycles. The summed E-state index contributed by atoms with van der Waals surface area (Å²) in [6, 6.07) is 0.606. The lowest BCUT2D eigenvalue weighted by molar-refractivity contribution is -0.132. The van der Waals surface area contributed by atoms with Crippen molar-refractivity contribution in [1.29, 1.82) is 0 Å². The first-order valence-corrected chi connectivity index (χ1v) is 8.29. The number of carbonyl (C=O) groups excluding carboxylic acids is 1. The van der Waals surface area contributed by atoms with E-state index in [0.717, 1.165) is 13.1 Å². The van der Waals surface area contributed by atoms with Crippen LogP contribution in [0.3, 0.4) is 0 Å². The van der Waals surface area contributed by atoms with E-state index >= 15 is 0 Å². The predicted octanol–water partition coefficient (Wildman–Crippen LogP) is 2.70. The Morgan fingerprint density at radius 1 is 1.00 bits per heavy atom. The number of hydrogen-bond donors (Lipinski definition) is 1. The summed E-state index contributed by atoms with van der Waals surface area (Å²) in [5.74, 6) is 0.333. The van der Waals surface area contributed by atoms with Crippen LogP contribution in [-0.2, 0) is 4.79 Å². The Balaban J connectivity index is 1.41. The van der Waals surface area contributed by atoms with E-state index in [1.54, 1.807) is 0 Å². The highest BCUT2D eigenvalue weighted by molar-refractivity contribution is 5.78. The van der Waals surface area contributed by atoms with Crippen LogP contribution in [0.15, 0.2) is 0 Å². The molecule has 3 rings (SSSR count). The summed E-state index contributed by atoms with van der Waals surface area (Å²) < 4.78 is 0. The van der Waals surface area contributed by atoms with Gasteiger partial charge in [0.15, 0.2) is 0 Å². The fourth-order valence-corrected chi connectivity index (χ4v) is 4.33. The van der Waals surface area contributed by atoms with E-state index < -0.39 is 0 Å². The summed E-state index contributed by atoms with van der Waals surface area (Å²) in [6.07, 6.45) is 13.3. The van der Waals surface area contributed by atoms with Crippen molar-refractivity contribution in [2.45, 2.75) is 70.3 Å². The van der Waals surface area contributed by atoms with Gasteiger partial charge in [0.25, 0.3) is 0 Å². The number of hydrogen-bond acceptors (Lipinski definition) is 2. The molecular weight excluding hydrogens is 236 g/mol. The van der Waals surface area contributed by atoms with E-state index in [2.05, 4.69) is 10.2 Å². The Morgan fingerprint density at radius 3 is 2.26 bits per heavy atom. The largest absolute Gasteiger partial charge is 0.342 e. The van der Waals surface area contributed by atoms with Crippen molar-refractivity contribution in [2.75, 3.05) is 19.6 Å². The standard InChI is InChI=1S/C16H28N2O/c19-15(13-17-14-5-1-2-6-14)18-11-9-16(10-12-18)7-3-4-8-16/h14,17H,1-13H2. The molecule has 3 heteroatoms. The minimum atomic E-state index is 0.333. The van der Waals surface area contributed by atoms with Crippen molar-refractivity contribution in [3.63, 3.8) is 0 Å². The van der Waals surface area contributed by atoms with Crippen molar-refractivity contribution in [1.82, 2.24) is 10.2 Å². The first-order valence-electron chi connectivity index (χ1n) is 8.29. The molecule has 1 heterocycles. The lowest BCUT2D eigenvalue weighted by atomic mass is 9.77. The van der Waals surface area contributed by atoms with Crippen LogP contribution in [0.2, 0.25) is 0 Å². The van der Waals surface area contributed by atoms with Gasteiger partial charge in [-0.3, -0.25) is 4.79 Å². The van der Waals surface area contributed by atoms with Crippen molar-refractivity contribution in [3.8, 4) is 0 Å². The van der Waals surface area contributed by atoms with Gasteiger partial charge < -0.3 is 10.2 Å². The van der Waals surface area contributed by atoms with E-state index in [4.69, 9.17) is 0 Å². The molecule has 2 aliphatic carbocycles. The molecule has 1 spiro atoms. The fourth-order valence-electron chi connectivity index (χ4n) is 4.33. The summed E-state index contributed by atoms with van der Waals surface area (Å²) in [6.45, 7) is 2.58. The quantitative estimate of drug-likeness (QED) is 0.850. The molecule has 2 saturated carbocycles. The van der Waals surface area contributed by atoms with Gasteiger partial charge in [-0.15, -0.1) is 0 Å². The second-order valence-corrected chi connectivity index (χ2v) is 6.95. The van der Waals surface area contributed by atoms with Gasteiger partial charge in [-0.2, -0.15) is 0 Å². The number of rotatable bonds is 3. The molecule has 1 amide bonds. The van der Waals surface area contributed by atoms with E-state index in [9.17, 15) is 4.79 Å². The second kappa shape index (κ2) is 5.82. The van der Waals surface area contributed by atoms with Crippen LogP contribution in [0.4, 0.5) is 0 Å². The molecule has 0 atom stereocenters. The van der Waals surface area contributed by atoms with Gasteiger partial charge >= 0.3 is 0 Å². The van der Waals surface area contributed by atoms with Gasteiger partial charge in [0, 0.05) is 19.1 Å². The fraction of sp³-hybridized carbons (Fsp3) is 0.938. The first kappa shape index (κ1) is 13.4.